The number of aromatic nitrogens is 3. The molecule has 2 heterocycles. The van der Waals surface area contributed by atoms with E-state index in [2.05, 4.69) is 9.97 Å². The standard InChI is InChI=1S/C19H17FN4O/c1-23(2)11-8-14(9-12-25)19-22-17-7-10-21-13-18(17)24(19)16-5-3-15(20)4-6-16/h3-13H,1-2H3/b11-8-,14-9+. The minimum Gasteiger partial charge on any atom is -0.383 e. The van der Waals surface area contributed by atoms with Crippen LogP contribution in [0.1, 0.15) is 5.82 Å². The van der Waals surface area contributed by atoms with Crippen LogP contribution in [0.2, 0.25) is 0 Å². The number of halogens is 1. The molecule has 0 saturated carbocycles. The highest BCUT2D eigenvalue weighted by Gasteiger charge is 2.15. The molecule has 0 bridgehead atoms. The lowest BCUT2D eigenvalue weighted by Crippen LogP contribution is -2.03. The van der Waals surface area contributed by atoms with E-state index >= 15 is 0 Å². The summed E-state index contributed by atoms with van der Waals surface area (Å²) >= 11 is 0. The van der Waals surface area contributed by atoms with Gasteiger partial charge in [-0.1, -0.05) is 0 Å². The van der Waals surface area contributed by atoms with E-state index in [0.29, 0.717) is 11.4 Å². The number of nitrogens with zero attached hydrogens (tertiary/aromatic N) is 4. The van der Waals surface area contributed by atoms with Crippen LogP contribution in [0.4, 0.5) is 4.39 Å². The van der Waals surface area contributed by atoms with Crippen LogP contribution in [0, 0.1) is 5.82 Å². The Morgan fingerprint density at radius 2 is 1.96 bits per heavy atom. The van der Waals surface area contributed by atoms with Crippen LogP contribution in [-0.2, 0) is 4.79 Å². The zero-order valence-electron chi connectivity index (χ0n) is 13.9. The minimum absolute atomic E-state index is 0.316. The number of benzene rings is 1. The molecule has 1 aromatic carbocycles. The van der Waals surface area contributed by atoms with Crippen molar-refractivity contribution >= 4 is 22.9 Å². The molecule has 0 radical (unpaired) electrons. The molecule has 0 amide bonds. The minimum atomic E-state index is -0.316. The van der Waals surface area contributed by atoms with Crippen molar-refractivity contribution in [2.45, 2.75) is 0 Å². The molecule has 126 valence electrons. The van der Waals surface area contributed by atoms with Gasteiger partial charge in [0.15, 0.2) is 0 Å². The second-order valence-electron chi connectivity index (χ2n) is 5.65. The SMILES string of the molecule is CN(C)/C=C\C(=C/C=O)c1nc2ccncc2n1-c1ccc(F)cc1. The van der Waals surface area contributed by atoms with Crippen LogP contribution in [0.3, 0.4) is 0 Å². The van der Waals surface area contributed by atoms with Gasteiger partial charge in [0.1, 0.15) is 17.9 Å². The van der Waals surface area contributed by atoms with Gasteiger partial charge in [-0.15, -0.1) is 0 Å². The van der Waals surface area contributed by atoms with Gasteiger partial charge in [-0.3, -0.25) is 14.3 Å². The molecule has 3 aromatic rings. The lowest BCUT2D eigenvalue weighted by Gasteiger charge is -2.10. The number of aldehydes is 1. The van der Waals surface area contributed by atoms with E-state index in [9.17, 15) is 9.18 Å². The zero-order chi connectivity index (χ0) is 17.8. The summed E-state index contributed by atoms with van der Waals surface area (Å²) in [6, 6.07) is 7.91. The van der Waals surface area contributed by atoms with Gasteiger partial charge in [-0.2, -0.15) is 0 Å². The predicted molar refractivity (Wildman–Crippen MR) is 95.7 cm³/mol. The van der Waals surface area contributed by atoms with Crippen molar-refractivity contribution in [2.24, 2.45) is 0 Å². The van der Waals surface area contributed by atoms with Gasteiger partial charge in [0, 0.05) is 31.6 Å². The summed E-state index contributed by atoms with van der Waals surface area (Å²) in [5, 5.41) is 0. The van der Waals surface area contributed by atoms with Gasteiger partial charge in [0.05, 0.1) is 17.2 Å². The highest BCUT2D eigenvalue weighted by molar-refractivity contribution is 5.89. The van der Waals surface area contributed by atoms with E-state index in [1.165, 1.54) is 18.2 Å². The summed E-state index contributed by atoms with van der Waals surface area (Å²) in [5.74, 6) is 0.267. The molecule has 0 aliphatic heterocycles. The Balaban J connectivity index is 2.26. The van der Waals surface area contributed by atoms with Gasteiger partial charge in [-0.25, -0.2) is 9.37 Å². The van der Waals surface area contributed by atoms with Crippen molar-refractivity contribution in [2.75, 3.05) is 14.1 Å². The Morgan fingerprint density at radius 1 is 1.20 bits per heavy atom. The van der Waals surface area contributed by atoms with Crippen molar-refractivity contribution in [3.05, 3.63) is 72.7 Å². The molecule has 0 N–H and O–H groups in total. The van der Waals surface area contributed by atoms with Gasteiger partial charge >= 0.3 is 0 Å². The summed E-state index contributed by atoms with van der Waals surface area (Å²) in [6.07, 6.45) is 9.18. The first-order valence-electron chi connectivity index (χ1n) is 7.69. The number of hydrogen-bond acceptors (Lipinski definition) is 4. The van der Waals surface area contributed by atoms with E-state index in [1.807, 2.05) is 35.8 Å². The average molecular weight is 336 g/mol. The first-order valence-corrected chi connectivity index (χ1v) is 7.69. The molecule has 0 aliphatic rings. The smallest absolute Gasteiger partial charge is 0.145 e. The fourth-order valence-electron chi connectivity index (χ4n) is 2.48. The number of carbonyl (C=O) groups is 1. The van der Waals surface area contributed by atoms with Crippen molar-refractivity contribution in [1.29, 1.82) is 0 Å². The molecule has 3 rings (SSSR count). The van der Waals surface area contributed by atoms with Crippen molar-refractivity contribution in [3.8, 4) is 5.69 Å². The molecule has 0 saturated heterocycles. The summed E-state index contributed by atoms with van der Waals surface area (Å²) < 4.78 is 15.2. The van der Waals surface area contributed by atoms with Gasteiger partial charge in [0.25, 0.3) is 0 Å². The Hall–Kier alpha value is -3.28. The van der Waals surface area contributed by atoms with Crippen LogP contribution in [-0.4, -0.2) is 39.8 Å². The molecule has 25 heavy (non-hydrogen) atoms. The third kappa shape index (κ3) is 3.47. The number of allylic oxidation sites excluding steroid dienone is 3. The number of carbonyl (C=O) groups excluding carboxylic acids is 1. The Morgan fingerprint density at radius 3 is 2.64 bits per heavy atom. The van der Waals surface area contributed by atoms with Crippen molar-refractivity contribution in [3.63, 3.8) is 0 Å². The summed E-state index contributed by atoms with van der Waals surface area (Å²) in [7, 11) is 3.78. The Bertz CT molecular complexity index is 955. The van der Waals surface area contributed by atoms with E-state index in [4.69, 9.17) is 0 Å². The highest BCUT2D eigenvalue weighted by atomic mass is 19.1. The molecule has 0 atom stereocenters. The molecule has 2 aromatic heterocycles. The average Bonchev–Trinajstić information content (AvgIpc) is 2.98. The first kappa shape index (κ1) is 16.6. The van der Waals surface area contributed by atoms with Gasteiger partial charge in [0.2, 0.25) is 0 Å². The predicted octanol–water partition coefficient (Wildman–Crippen LogP) is 3.22. The molecule has 0 spiro atoms. The molecular formula is C19H17FN4O. The van der Waals surface area contributed by atoms with Crippen LogP contribution in [0.25, 0.3) is 22.3 Å². The largest absolute Gasteiger partial charge is 0.383 e. The number of pyridine rings is 1. The summed E-state index contributed by atoms with van der Waals surface area (Å²) in [4.78, 5) is 21.8. The highest BCUT2D eigenvalue weighted by Crippen LogP contribution is 2.26. The maximum Gasteiger partial charge on any atom is 0.145 e. The first-order chi connectivity index (χ1) is 12.1. The maximum absolute atomic E-state index is 13.3. The van der Waals surface area contributed by atoms with Crippen LogP contribution in [0.5, 0.6) is 0 Å². The second kappa shape index (κ2) is 7.09. The van der Waals surface area contributed by atoms with Crippen LogP contribution >= 0.6 is 0 Å². The fourth-order valence-corrected chi connectivity index (χ4v) is 2.48. The maximum atomic E-state index is 13.3. The summed E-state index contributed by atoms with van der Waals surface area (Å²) in [6.45, 7) is 0. The normalized spacial score (nSPS) is 12.0. The lowest BCUT2D eigenvalue weighted by molar-refractivity contribution is -0.104. The third-order valence-corrected chi connectivity index (χ3v) is 3.60. The third-order valence-electron chi connectivity index (χ3n) is 3.60. The molecule has 0 aliphatic carbocycles. The van der Waals surface area contributed by atoms with E-state index in [1.54, 1.807) is 30.6 Å². The molecule has 6 heteroatoms. The second-order valence-corrected chi connectivity index (χ2v) is 5.65. The monoisotopic (exact) mass is 336 g/mol. The fraction of sp³-hybridized carbons (Fsp3) is 0.105. The summed E-state index contributed by atoms with van der Waals surface area (Å²) in [5.41, 5.74) is 2.90. The molecule has 5 nitrogen and oxygen atoms in total. The number of hydrogen-bond donors (Lipinski definition) is 0. The van der Waals surface area contributed by atoms with Gasteiger partial charge < -0.3 is 4.90 Å². The van der Waals surface area contributed by atoms with E-state index < -0.39 is 0 Å². The quantitative estimate of drug-likeness (QED) is 0.408. The number of imidazole rings is 1. The van der Waals surface area contributed by atoms with Crippen LogP contribution < -0.4 is 0 Å². The molecule has 0 unspecified atom stereocenters. The van der Waals surface area contributed by atoms with Crippen molar-refractivity contribution in [1.82, 2.24) is 19.4 Å². The molecule has 0 fully saturated rings. The Labute approximate surface area is 144 Å². The van der Waals surface area contributed by atoms with Crippen LogP contribution in [0.15, 0.2) is 61.1 Å². The Kier molecular flexibility index (Phi) is 4.70. The van der Waals surface area contributed by atoms with Crippen molar-refractivity contribution < 1.29 is 9.18 Å². The number of fused-ring (bicyclic) bond motifs is 1. The topological polar surface area (TPSA) is 51.0 Å². The molecular weight excluding hydrogens is 319 g/mol. The van der Waals surface area contributed by atoms with Gasteiger partial charge in [-0.05, 0) is 48.7 Å². The zero-order valence-corrected chi connectivity index (χ0v) is 13.9. The lowest BCUT2D eigenvalue weighted by atomic mass is 10.2. The van der Waals surface area contributed by atoms with E-state index in [0.717, 1.165) is 23.0 Å². The van der Waals surface area contributed by atoms with E-state index in [-0.39, 0.29) is 5.82 Å². The number of rotatable bonds is 5.